The number of halogens is 3. The summed E-state index contributed by atoms with van der Waals surface area (Å²) in [6, 6.07) is 58.7. The van der Waals surface area contributed by atoms with Crippen LogP contribution in [0.25, 0.3) is 121 Å². The number of fused-ring (bicyclic) bond motifs is 3. The van der Waals surface area contributed by atoms with Crippen LogP contribution in [0.3, 0.4) is 0 Å². The van der Waals surface area contributed by atoms with Crippen molar-refractivity contribution in [2.45, 2.75) is 13.1 Å². The number of hydrogen-bond donors (Lipinski definition) is 0. The number of aromatic nitrogens is 4. The zero-order valence-corrected chi connectivity index (χ0v) is 40.9. The van der Waals surface area contributed by atoms with Crippen LogP contribution < -0.4 is 0 Å². The highest BCUT2D eigenvalue weighted by Crippen LogP contribution is 2.48. The van der Waals surface area contributed by atoms with Crippen LogP contribution in [0.2, 0.25) is 0 Å². The van der Waals surface area contributed by atoms with Gasteiger partial charge in [-0.25, -0.2) is 29.5 Å². The molecule has 0 spiro atoms. The predicted octanol–water partition coefficient (Wildman–Crippen LogP) is 17.2. The molecule has 0 fully saturated rings. The summed E-state index contributed by atoms with van der Waals surface area (Å²) in [5.41, 5.74) is 8.46. The molecule has 13 heteroatoms. The normalized spacial score (nSPS) is 11.0. The lowest BCUT2D eigenvalue weighted by molar-refractivity contribution is -0.137. The van der Waals surface area contributed by atoms with Crippen LogP contribution in [0.1, 0.15) is 27.8 Å². The Morgan fingerprint density at radius 1 is 0.462 bits per heavy atom. The second-order valence-electron chi connectivity index (χ2n) is 18.2. The molecule has 11 aromatic rings. The van der Waals surface area contributed by atoms with Crippen molar-refractivity contribution in [3.8, 4) is 103 Å². The zero-order chi connectivity index (χ0) is 54.2. The van der Waals surface area contributed by atoms with Crippen molar-refractivity contribution in [3.63, 3.8) is 0 Å². The van der Waals surface area contributed by atoms with Gasteiger partial charge in [0.2, 0.25) is 0 Å². The zero-order valence-electron chi connectivity index (χ0n) is 40.9. The van der Waals surface area contributed by atoms with E-state index in [9.17, 15) is 29.0 Å². The highest BCUT2D eigenvalue weighted by atomic mass is 19.4. The first-order chi connectivity index (χ1) is 37.9. The van der Waals surface area contributed by atoms with E-state index in [0.717, 1.165) is 34.4 Å². The largest absolute Gasteiger partial charge is 0.416 e. The van der Waals surface area contributed by atoms with E-state index in [-0.39, 0.29) is 33.8 Å². The monoisotopic (exact) mass is 1010 g/mol. The third kappa shape index (κ3) is 8.75. The molecule has 2 heterocycles. The van der Waals surface area contributed by atoms with E-state index in [0.29, 0.717) is 89.5 Å². The topological polar surface area (TPSA) is 128 Å². The molecule has 0 saturated carbocycles. The van der Waals surface area contributed by atoms with Crippen molar-refractivity contribution in [3.05, 3.63) is 244 Å². The number of benzene rings is 9. The minimum atomic E-state index is -4.63. The molecule has 0 aliphatic rings. The average Bonchev–Trinajstić information content (AvgIpc) is 4.04. The summed E-state index contributed by atoms with van der Waals surface area (Å²) >= 11 is 0. The van der Waals surface area contributed by atoms with Crippen molar-refractivity contribution in [2.75, 3.05) is 0 Å². The third-order valence-corrected chi connectivity index (χ3v) is 13.5. The van der Waals surface area contributed by atoms with E-state index in [1.807, 2.05) is 139 Å². The first kappa shape index (κ1) is 48.8. The second-order valence-corrected chi connectivity index (χ2v) is 18.2. The number of nitrogens with zero attached hydrogens (tertiary/aromatic N) is 10. The Labute approximate surface area is 445 Å². The molecular formula is C65H33F3N10. The summed E-state index contributed by atoms with van der Waals surface area (Å²) in [5, 5.41) is 31.9. The maximum atomic E-state index is 14.4. The molecule has 0 bridgehead atoms. The van der Waals surface area contributed by atoms with Crippen LogP contribution in [-0.2, 0) is 6.18 Å². The Kier molecular flexibility index (Phi) is 12.3. The molecule has 78 heavy (non-hydrogen) atoms. The van der Waals surface area contributed by atoms with Crippen LogP contribution in [0, 0.1) is 60.6 Å². The molecule has 364 valence electrons. The Bertz CT molecular complexity index is 4260. The second kappa shape index (κ2) is 19.7. The molecule has 0 N–H and O–H groups in total. The van der Waals surface area contributed by atoms with Gasteiger partial charge in [-0.1, -0.05) is 121 Å². The van der Waals surface area contributed by atoms with Gasteiger partial charge in [0.15, 0.2) is 34.5 Å². The van der Waals surface area contributed by atoms with Crippen LogP contribution in [-0.4, -0.2) is 19.5 Å². The Hall–Kier alpha value is -11.5. The molecule has 0 unspecified atom stereocenters. The summed E-state index contributed by atoms with van der Waals surface area (Å²) in [6.45, 7) is 25.9. The number of nitriles is 3. The van der Waals surface area contributed by atoms with Gasteiger partial charge in [-0.2, -0.15) is 29.0 Å². The van der Waals surface area contributed by atoms with E-state index < -0.39 is 11.7 Å². The highest BCUT2D eigenvalue weighted by molar-refractivity contribution is 6.14. The van der Waals surface area contributed by atoms with Crippen molar-refractivity contribution < 1.29 is 13.2 Å². The molecule has 0 atom stereocenters. The fourth-order valence-electron chi connectivity index (χ4n) is 9.86. The summed E-state index contributed by atoms with van der Waals surface area (Å²) in [4.78, 5) is 26.1. The predicted molar refractivity (Wildman–Crippen MR) is 295 cm³/mol. The molecule has 0 aliphatic heterocycles. The summed E-state index contributed by atoms with van der Waals surface area (Å²) in [6.07, 6.45) is -4.63. The van der Waals surface area contributed by atoms with E-state index in [4.69, 9.17) is 34.7 Å². The average molecular weight is 1010 g/mol. The maximum absolute atomic E-state index is 14.4. The van der Waals surface area contributed by atoms with Crippen LogP contribution >= 0.6 is 0 Å². The molecule has 0 radical (unpaired) electrons. The van der Waals surface area contributed by atoms with Gasteiger partial charge in [0.25, 0.3) is 0 Å². The third-order valence-electron chi connectivity index (χ3n) is 13.5. The van der Waals surface area contributed by atoms with Gasteiger partial charge in [0.1, 0.15) is 0 Å². The summed E-state index contributed by atoms with van der Waals surface area (Å²) in [7, 11) is 0. The smallest absolute Gasteiger partial charge is 0.308 e. The van der Waals surface area contributed by atoms with Gasteiger partial charge in [-0.3, -0.25) is 0 Å². The molecular weight excluding hydrogens is 978 g/mol. The fraction of sp³-hybridized carbons (Fsp3) is 0.0308. The summed E-state index contributed by atoms with van der Waals surface area (Å²) in [5.74, 6) is 1.10. The Morgan fingerprint density at radius 3 is 1.38 bits per heavy atom. The SMILES string of the molecule is [C-]#[N+]c1cc(C#N)c(-c2ccc3c(c2)c2cc(-c4c(C#N)cc(C#N)cc4[N+]#[C-])ccc2n3-c2c(-c3ccc(C)cc3)cc(-c3nc(-c4ccccc4)nc(-c4ccccc4)n3)cc2-c2ccc(C(F)(F)F)cc2)c([N+]#[C-])c1. The van der Waals surface area contributed by atoms with Gasteiger partial charge >= 0.3 is 6.18 Å². The van der Waals surface area contributed by atoms with Crippen molar-refractivity contribution >= 4 is 38.9 Å². The number of alkyl halides is 3. The van der Waals surface area contributed by atoms with Crippen LogP contribution in [0.15, 0.2) is 182 Å². The van der Waals surface area contributed by atoms with Crippen molar-refractivity contribution in [1.82, 2.24) is 19.5 Å². The first-order valence-corrected chi connectivity index (χ1v) is 24.0. The Balaban J connectivity index is 1.29. The fourth-order valence-corrected chi connectivity index (χ4v) is 9.86. The maximum Gasteiger partial charge on any atom is 0.416 e. The van der Waals surface area contributed by atoms with E-state index in [1.165, 1.54) is 36.4 Å². The van der Waals surface area contributed by atoms with Gasteiger partial charge in [0, 0.05) is 60.8 Å². The van der Waals surface area contributed by atoms with Gasteiger partial charge in [-0.05, 0) is 95.9 Å². The molecule has 0 saturated heterocycles. The lowest BCUT2D eigenvalue weighted by atomic mass is 9.91. The first-order valence-electron chi connectivity index (χ1n) is 24.0. The number of hydrogen-bond acceptors (Lipinski definition) is 6. The van der Waals surface area contributed by atoms with E-state index >= 15 is 0 Å². The molecule has 2 aromatic heterocycles. The van der Waals surface area contributed by atoms with E-state index in [2.05, 4.69) is 26.7 Å². The lowest BCUT2D eigenvalue weighted by Crippen LogP contribution is -2.05. The van der Waals surface area contributed by atoms with Gasteiger partial charge in [0.05, 0.1) is 65.8 Å². The lowest BCUT2D eigenvalue weighted by Gasteiger charge is -2.21. The standard InChI is InChI=1S/C65H33F3N10/c1-38-15-17-40(18-16-38)51-32-46(64-76-62(42-11-7-5-8-12-42)75-63(77-64)43-13-9-6-10-14-43)33-52(41-19-23-49(24-20-41)65(66,67)68)61(51)78-57-25-21-44(59-47(36-70)27-39(35-69)28-55(59)73-3)30-53(57)54-31-45(22-26-58(54)78)60-48(37-71)29-50(72-2)34-56(60)74-4/h5-34H,1H3. The van der Waals surface area contributed by atoms with Crippen LogP contribution in [0.5, 0.6) is 0 Å². The van der Waals surface area contributed by atoms with Crippen LogP contribution in [0.4, 0.5) is 30.2 Å². The molecule has 11 rings (SSSR count). The van der Waals surface area contributed by atoms with Gasteiger partial charge < -0.3 is 4.57 Å². The Morgan fingerprint density at radius 2 is 0.923 bits per heavy atom. The molecule has 0 amide bonds. The highest BCUT2D eigenvalue weighted by Gasteiger charge is 2.31. The number of rotatable bonds is 8. The molecule has 10 nitrogen and oxygen atoms in total. The molecule has 0 aliphatic carbocycles. The quantitative estimate of drug-likeness (QED) is 0.139. The summed E-state index contributed by atoms with van der Waals surface area (Å²) < 4.78 is 45.2. The van der Waals surface area contributed by atoms with E-state index in [1.54, 1.807) is 12.1 Å². The van der Waals surface area contributed by atoms with Crippen molar-refractivity contribution in [1.29, 1.82) is 15.8 Å². The van der Waals surface area contributed by atoms with Crippen molar-refractivity contribution in [2.24, 2.45) is 0 Å². The minimum Gasteiger partial charge on any atom is -0.308 e. The minimum absolute atomic E-state index is 0.0839. The number of aryl methyl sites for hydroxylation is 1. The molecule has 9 aromatic carbocycles. The van der Waals surface area contributed by atoms with Gasteiger partial charge in [-0.15, -0.1) is 0 Å².